The van der Waals surface area contributed by atoms with E-state index in [4.69, 9.17) is 15.2 Å². The molecule has 0 aliphatic carbocycles. The molecule has 0 fully saturated rings. The van der Waals surface area contributed by atoms with Crippen LogP contribution in [0.3, 0.4) is 0 Å². The lowest BCUT2D eigenvalue weighted by molar-refractivity contribution is 0.369. The van der Waals surface area contributed by atoms with Crippen molar-refractivity contribution in [3.8, 4) is 17.2 Å². The van der Waals surface area contributed by atoms with Crippen LogP contribution in [0, 0.1) is 0 Å². The molecule has 0 radical (unpaired) electrons. The van der Waals surface area contributed by atoms with E-state index >= 15 is 0 Å². The molecule has 0 heterocycles. The van der Waals surface area contributed by atoms with Crippen LogP contribution in [0.15, 0.2) is 24.8 Å². The second-order valence-electron chi connectivity index (χ2n) is 3.74. The van der Waals surface area contributed by atoms with Crippen LogP contribution in [-0.4, -0.2) is 19.3 Å². The number of benzene rings is 1. The van der Waals surface area contributed by atoms with Crippen molar-refractivity contribution >= 4 is 12.4 Å². The average Bonchev–Trinajstić information content (AvgIpc) is 2.34. The molecular weight excluding hydrogens is 254 g/mol. The van der Waals surface area contributed by atoms with Gasteiger partial charge in [0, 0.05) is 18.2 Å². The van der Waals surface area contributed by atoms with Crippen LogP contribution in [-0.2, 0) is 0 Å². The summed E-state index contributed by atoms with van der Waals surface area (Å²) < 4.78 is 10.4. The molecule has 18 heavy (non-hydrogen) atoms. The Morgan fingerprint density at radius 1 is 1.33 bits per heavy atom. The van der Waals surface area contributed by atoms with E-state index in [0.29, 0.717) is 11.5 Å². The highest BCUT2D eigenvalue weighted by Gasteiger charge is 2.18. The van der Waals surface area contributed by atoms with Crippen LogP contribution < -0.4 is 15.2 Å². The number of allylic oxidation sites excluding steroid dienone is 1. The molecule has 4 nitrogen and oxygen atoms in total. The highest BCUT2D eigenvalue weighted by Crippen LogP contribution is 2.38. The molecule has 0 amide bonds. The smallest absolute Gasteiger partial charge is 0.131 e. The molecule has 1 atom stereocenters. The Labute approximate surface area is 114 Å². The highest BCUT2D eigenvalue weighted by atomic mass is 35.5. The number of halogens is 1. The quantitative estimate of drug-likeness (QED) is 0.782. The first-order valence-corrected chi connectivity index (χ1v) is 5.45. The molecule has 1 aromatic carbocycles. The maximum Gasteiger partial charge on any atom is 0.131 e. The molecule has 5 heteroatoms. The number of rotatable bonds is 6. The molecule has 102 valence electrons. The fourth-order valence-electron chi connectivity index (χ4n) is 1.73. The van der Waals surface area contributed by atoms with Crippen LogP contribution in [0.25, 0.3) is 0 Å². The lowest BCUT2D eigenvalue weighted by Gasteiger charge is -2.18. The van der Waals surface area contributed by atoms with Crippen LogP contribution >= 0.6 is 12.4 Å². The van der Waals surface area contributed by atoms with Crippen molar-refractivity contribution in [2.75, 3.05) is 14.2 Å². The number of phenolic OH excluding ortho intramolecular Hbond substituents is 1. The van der Waals surface area contributed by atoms with Crippen molar-refractivity contribution in [3.63, 3.8) is 0 Å². The van der Waals surface area contributed by atoms with Crippen molar-refractivity contribution in [1.29, 1.82) is 0 Å². The number of nitrogens with two attached hydrogens (primary N) is 1. The number of aromatic hydroxyl groups is 1. The van der Waals surface area contributed by atoms with Gasteiger partial charge in [-0.3, -0.25) is 0 Å². The number of ether oxygens (including phenoxy) is 2. The minimum atomic E-state index is -0.210. The van der Waals surface area contributed by atoms with Crippen LogP contribution in [0.2, 0.25) is 0 Å². The first-order valence-electron chi connectivity index (χ1n) is 5.45. The fourth-order valence-corrected chi connectivity index (χ4v) is 1.73. The van der Waals surface area contributed by atoms with Gasteiger partial charge in [0.05, 0.1) is 19.8 Å². The molecule has 0 saturated heterocycles. The predicted octanol–water partition coefficient (Wildman–Crippen LogP) is 2.80. The van der Waals surface area contributed by atoms with E-state index in [1.807, 2.05) is 6.08 Å². The first-order chi connectivity index (χ1) is 8.13. The Hall–Kier alpha value is -1.39. The van der Waals surface area contributed by atoms with Gasteiger partial charge >= 0.3 is 0 Å². The van der Waals surface area contributed by atoms with Gasteiger partial charge in [-0.1, -0.05) is 6.08 Å². The fraction of sp³-hybridized carbons (Fsp3) is 0.385. The Balaban J connectivity index is 0.00000289. The predicted molar refractivity (Wildman–Crippen MR) is 74.8 cm³/mol. The van der Waals surface area contributed by atoms with Crippen molar-refractivity contribution in [2.24, 2.45) is 5.73 Å². The zero-order valence-corrected chi connectivity index (χ0v) is 11.5. The molecule has 1 rings (SSSR count). The second-order valence-corrected chi connectivity index (χ2v) is 3.74. The molecule has 0 aliphatic heterocycles. The largest absolute Gasteiger partial charge is 0.508 e. The number of methoxy groups -OCH3 is 2. The molecular formula is C13H20ClNO3. The third-order valence-electron chi connectivity index (χ3n) is 2.58. The lowest BCUT2D eigenvalue weighted by atomic mass is 10.0. The van der Waals surface area contributed by atoms with Gasteiger partial charge in [-0.15, -0.1) is 19.0 Å². The molecule has 3 N–H and O–H groups in total. The van der Waals surface area contributed by atoms with Crippen molar-refractivity contribution < 1.29 is 14.6 Å². The summed E-state index contributed by atoms with van der Waals surface area (Å²) in [7, 11) is 3.08. The van der Waals surface area contributed by atoms with Crippen molar-refractivity contribution in [3.05, 3.63) is 30.4 Å². The number of hydrogen-bond donors (Lipinski definition) is 2. The van der Waals surface area contributed by atoms with Crippen molar-refractivity contribution in [1.82, 2.24) is 0 Å². The van der Waals surface area contributed by atoms with E-state index in [1.54, 1.807) is 0 Å². The van der Waals surface area contributed by atoms with E-state index in [2.05, 4.69) is 6.58 Å². The summed E-state index contributed by atoms with van der Waals surface area (Å²) in [5, 5.41) is 9.52. The van der Waals surface area contributed by atoms with Crippen LogP contribution in [0.4, 0.5) is 0 Å². The molecule has 0 aliphatic rings. The van der Waals surface area contributed by atoms with E-state index in [-0.39, 0.29) is 24.2 Å². The Kier molecular flexibility index (Phi) is 7.24. The first kappa shape index (κ1) is 16.6. The average molecular weight is 274 g/mol. The van der Waals surface area contributed by atoms with Gasteiger partial charge < -0.3 is 20.3 Å². The van der Waals surface area contributed by atoms with E-state index in [9.17, 15) is 5.11 Å². The van der Waals surface area contributed by atoms with E-state index < -0.39 is 0 Å². The monoisotopic (exact) mass is 273 g/mol. The summed E-state index contributed by atoms with van der Waals surface area (Å²) >= 11 is 0. The standard InChI is InChI=1S/C13H19NO3.ClH/c1-4-5-6-10(14)13-11(16-2)7-9(15)8-12(13)17-3;/h4,7-8,10,15H,1,5-6,14H2,2-3H3;1H/t10-;/m1./s1. The topological polar surface area (TPSA) is 64.7 Å². The summed E-state index contributed by atoms with van der Waals surface area (Å²) in [4.78, 5) is 0. The molecule has 1 aromatic rings. The Morgan fingerprint density at radius 2 is 1.83 bits per heavy atom. The maximum atomic E-state index is 9.52. The molecule has 0 unspecified atom stereocenters. The van der Waals surface area contributed by atoms with E-state index in [0.717, 1.165) is 18.4 Å². The molecule has 0 aromatic heterocycles. The number of phenols is 1. The third kappa shape index (κ3) is 3.82. The Bertz CT molecular complexity index is 371. The summed E-state index contributed by atoms with van der Waals surface area (Å²) in [6.07, 6.45) is 3.38. The van der Waals surface area contributed by atoms with Gasteiger partial charge in [-0.25, -0.2) is 0 Å². The second kappa shape index (κ2) is 7.84. The number of hydrogen-bond acceptors (Lipinski definition) is 4. The van der Waals surface area contributed by atoms with Gasteiger partial charge in [0.15, 0.2) is 0 Å². The normalized spacial score (nSPS) is 11.3. The molecule has 0 bridgehead atoms. The summed E-state index contributed by atoms with van der Waals surface area (Å²) in [6.45, 7) is 3.67. The van der Waals surface area contributed by atoms with Crippen LogP contribution in [0.5, 0.6) is 17.2 Å². The van der Waals surface area contributed by atoms with Gasteiger partial charge in [0.2, 0.25) is 0 Å². The summed E-state index contributed by atoms with van der Waals surface area (Å²) in [5.41, 5.74) is 6.87. The zero-order valence-electron chi connectivity index (χ0n) is 10.7. The maximum absolute atomic E-state index is 9.52. The SMILES string of the molecule is C=CCC[C@@H](N)c1c(OC)cc(O)cc1OC.Cl. The van der Waals surface area contributed by atoms with Crippen LogP contribution in [0.1, 0.15) is 24.4 Å². The third-order valence-corrected chi connectivity index (χ3v) is 2.58. The lowest BCUT2D eigenvalue weighted by Crippen LogP contribution is -2.12. The van der Waals surface area contributed by atoms with Gasteiger partial charge in [-0.05, 0) is 12.8 Å². The summed E-state index contributed by atoms with van der Waals surface area (Å²) in [5.74, 6) is 1.18. The van der Waals surface area contributed by atoms with Crippen molar-refractivity contribution in [2.45, 2.75) is 18.9 Å². The zero-order chi connectivity index (χ0) is 12.8. The highest BCUT2D eigenvalue weighted by molar-refractivity contribution is 5.85. The van der Waals surface area contributed by atoms with Gasteiger partial charge in [0.25, 0.3) is 0 Å². The van der Waals surface area contributed by atoms with Gasteiger partial charge in [0.1, 0.15) is 17.2 Å². The summed E-state index contributed by atoms with van der Waals surface area (Å²) in [6, 6.07) is 2.86. The molecule has 0 spiro atoms. The minimum Gasteiger partial charge on any atom is -0.508 e. The molecule has 0 saturated carbocycles. The minimum absolute atomic E-state index is 0. The van der Waals surface area contributed by atoms with E-state index in [1.165, 1.54) is 26.4 Å². The Morgan fingerprint density at radius 3 is 2.22 bits per heavy atom. The van der Waals surface area contributed by atoms with Gasteiger partial charge in [-0.2, -0.15) is 0 Å².